The van der Waals surface area contributed by atoms with Gasteiger partial charge in [0.2, 0.25) is 5.91 Å². The molecule has 17 heavy (non-hydrogen) atoms. The zero-order valence-corrected chi connectivity index (χ0v) is 11.1. The minimum atomic E-state index is 0.263. The quantitative estimate of drug-likeness (QED) is 0.801. The molecule has 0 unspecified atom stereocenters. The highest BCUT2D eigenvalue weighted by Gasteiger charge is 2.21. The molecular formula is C12H22N2O2S. The van der Waals surface area contributed by atoms with Crippen LogP contribution < -0.4 is 5.32 Å². The van der Waals surface area contributed by atoms with Crippen LogP contribution in [0.5, 0.6) is 0 Å². The van der Waals surface area contributed by atoms with Crippen LogP contribution in [0.1, 0.15) is 12.8 Å². The topological polar surface area (TPSA) is 41.6 Å². The van der Waals surface area contributed by atoms with E-state index in [1.54, 1.807) is 0 Å². The number of amides is 1. The summed E-state index contributed by atoms with van der Waals surface area (Å²) in [7, 11) is 0. The van der Waals surface area contributed by atoms with Crippen molar-refractivity contribution >= 4 is 17.7 Å². The number of morpholine rings is 1. The monoisotopic (exact) mass is 258 g/mol. The van der Waals surface area contributed by atoms with E-state index in [0.717, 1.165) is 63.7 Å². The van der Waals surface area contributed by atoms with E-state index in [1.807, 2.05) is 11.8 Å². The van der Waals surface area contributed by atoms with Gasteiger partial charge >= 0.3 is 0 Å². The van der Waals surface area contributed by atoms with Crippen molar-refractivity contribution in [3.63, 3.8) is 0 Å². The van der Waals surface area contributed by atoms with Crippen molar-refractivity contribution in [3.8, 4) is 0 Å². The van der Waals surface area contributed by atoms with Gasteiger partial charge in [0.25, 0.3) is 0 Å². The smallest absolute Gasteiger partial charge is 0.223 e. The average Bonchev–Trinajstić information content (AvgIpc) is 2.41. The number of hydrogen-bond acceptors (Lipinski definition) is 4. The molecule has 2 fully saturated rings. The van der Waals surface area contributed by atoms with Gasteiger partial charge in [-0.3, -0.25) is 9.69 Å². The maximum Gasteiger partial charge on any atom is 0.223 e. The summed E-state index contributed by atoms with van der Waals surface area (Å²) in [5, 5.41) is 3.07. The molecule has 0 saturated carbocycles. The summed E-state index contributed by atoms with van der Waals surface area (Å²) in [6.45, 7) is 5.38. The molecule has 0 radical (unpaired) electrons. The van der Waals surface area contributed by atoms with E-state index in [9.17, 15) is 4.79 Å². The largest absolute Gasteiger partial charge is 0.379 e. The summed E-state index contributed by atoms with van der Waals surface area (Å²) in [4.78, 5) is 14.2. The number of carbonyl (C=O) groups excluding carboxylic acids is 1. The maximum absolute atomic E-state index is 11.9. The van der Waals surface area contributed by atoms with Crippen molar-refractivity contribution in [1.29, 1.82) is 0 Å². The molecule has 0 aromatic heterocycles. The Morgan fingerprint density at radius 1 is 1.29 bits per heavy atom. The van der Waals surface area contributed by atoms with Gasteiger partial charge in [-0.15, -0.1) is 0 Å². The van der Waals surface area contributed by atoms with Crippen LogP contribution >= 0.6 is 11.8 Å². The second-order valence-electron chi connectivity index (χ2n) is 4.63. The van der Waals surface area contributed by atoms with Crippen molar-refractivity contribution in [1.82, 2.24) is 10.2 Å². The van der Waals surface area contributed by atoms with Gasteiger partial charge in [-0.1, -0.05) is 0 Å². The first-order valence-corrected chi connectivity index (χ1v) is 7.67. The number of carbonyl (C=O) groups is 1. The van der Waals surface area contributed by atoms with E-state index in [0.29, 0.717) is 0 Å². The van der Waals surface area contributed by atoms with Gasteiger partial charge in [-0.05, 0) is 24.3 Å². The fourth-order valence-corrected chi connectivity index (χ4v) is 3.37. The highest BCUT2D eigenvalue weighted by Crippen LogP contribution is 2.22. The Labute approximate surface area is 107 Å². The first kappa shape index (κ1) is 13.2. The van der Waals surface area contributed by atoms with Crippen molar-refractivity contribution < 1.29 is 9.53 Å². The lowest BCUT2D eigenvalue weighted by molar-refractivity contribution is -0.125. The van der Waals surface area contributed by atoms with E-state index in [4.69, 9.17) is 4.74 Å². The molecule has 1 amide bonds. The molecule has 0 aromatic rings. The maximum atomic E-state index is 11.9. The summed E-state index contributed by atoms with van der Waals surface area (Å²) >= 11 is 1.96. The van der Waals surface area contributed by atoms with E-state index in [-0.39, 0.29) is 11.8 Å². The molecule has 0 atom stereocenters. The van der Waals surface area contributed by atoms with E-state index >= 15 is 0 Å². The Kier molecular flexibility index (Phi) is 5.61. The third-order valence-corrected chi connectivity index (χ3v) is 4.47. The third-order valence-electron chi connectivity index (χ3n) is 3.42. The van der Waals surface area contributed by atoms with Gasteiger partial charge in [0.1, 0.15) is 0 Å². The van der Waals surface area contributed by atoms with E-state index in [2.05, 4.69) is 10.2 Å². The Bertz CT molecular complexity index is 239. The summed E-state index contributed by atoms with van der Waals surface area (Å²) in [6.07, 6.45) is 2.10. The standard InChI is InChI=1S/C12H22N2O2S/c15-12(11-1-9-17-10-2-11)13-3-4-14-5-7-16-8-6-14/h11H,1-10H2,(H,13,15). The van der Waals surface area contributed by atoms with Crippen LogP contribution in [0.25, 0.3) is 0 Å². The fourth-order valence-electron chi connectivity index (χ4n) is 2.27. The number of rotatable bonds is 4. The normalized spacial score (nSPS) is 23.5. The molecule has 2 rings (SSSR count). The van der Waals surface area contributed by atoms with Crippen LogP contribution in [-0.4, -0.2) is 61.7 Å². The zero-order valence-electron chi connectivity index (χ0n) is 10.3. The first-order valence-electron chi connectivity index (χ1n) is 6.52. The molecule has 2 saturated heterocycles. The molecule has 0 aliphatic carbocycles. The minimum Gasteiger partial charge on any atom is -0.379 e. The number of hydrogen-bond donors (Lipinski definition) is 1. The Morgan fingerprint density at radius 3 is 2.71 bits per heavy atom. The van der Waals surface area contributed by atoms with Gasteiger partial charge in [-0.2, -0.15) is 11.8 Å². The SMILES string of the molecule is O=C(NCCN1CCOCC1)C1CCSCC1. The number of thioether (sulfide) groups is 1. The molecule has 4 nitrogen and oxygen atoms in total. The van der Waals surface area contributed by atoms with Gasteiger partial charge in [0.05, 0.1) is 13.2 Å². The Hall–Kier alpha value is -0.260. The first-order chi connectivity index (χ1) is 8.36. The van der Waals surface area contributed by atoms with Crippen LogP contribution in [0.2, 0.25) is 0 Å². The van der Waals surface area contributed by atoms with Gasteiger partial charge < -0.3 is 10.1 Å². The van der Waals surface area contributed by atoms with Crippen molar-refractivity contribution in [2.75, 3.05) is 50.9 Å². The lowest BCUT2D eigenvalue weighted by Crippen LogP contribution is -2.42. The molecule has 2 aliphatic heterocycles. The lowest BCUT2D eigenvalue weighted by Gasteiger charge is -2.27. The molecule has 0 aromatic carbocycles. The summed E-state index contributed by atoms with van der Waals surface area (Å²) in [5.74, 6) is 2.81. The predicted molar refractivity (Wildman–Crippen MR) is 70.3 cm³/mol. The lowest BCUT2D eigenvalue weighted by atomic mass is 10.0. The number of nitrogens with zero attached hydrogens (tertiary/aromatic N) is 1. The fraction of sp³-hybridized carbons (Fsp3) is 0.917. The van der Waals surface area contributed by atoms with E-state index < -0.39 is 0 Å². The second-order valence-corrected chi connectivity index (χ2v) is 5.86. The number of ether oxygens (including phenoxy) is 1. The molecule has 2 aliphatic rings. The summed E-state index contributed by atoms with van der Waals surface area (Å²) in [5.41, 5.74) is 0. The summed E-state index contributed by atoms with van der Waals surface area (Å²) in [6, 6.07) is 0. The molecule has 98 valence electrons. The number of nitrogens with one attached hydrogen (secondary N) is 1. The van der Waals surface area contributed by atoms with Crippen LogP contribution in [-0.2, 0) is 9.53 Å². The Balaban J connectivity index is 1.58. The predicted octanol–water partition coefficient (Wildman–Crippen LogP) is 0.578. The second kappa shape index (κ2) is 7.24. The van der Waals surface area contributed by atoms with Crippen molar-refractivity contribution in [3.05, 3.63) is 0 Å². The molecular weight excluding hydrogens is 236 g/mol. The Morgan fingerprint density at radius 2 is 2.00 bits per heavy atom. The van der Waals surface area contributed by atoms with E-state index in [1.165, 1.54) is 0 Å². The molecule has 0 spiro atoms. The van der Waals surface area contributed by atoms with Crippen molar-refractivity contribution in [2.24, 2.45) is 5.92 Å². The molecule has 2 heterocycles. The summed E-state index contributed by atoms with van der Waals surface area (Å²) < 4.78 is 5.29. The highest BCUT2D eigenvalue weighted by atomic mass is 32.2. The van der Waals surface area contributed by atoms with Gasteiger partial charge in [0, 0.05) is 32.1 Å². The van der Waals surface area contributed by atoms with Gasteiger partial charge in [-0.25, -0.2) is 0 Å². The zero-order chi connectivity index (χ0) is 11.9. The van der Waals surface area contributed by atoms with Gasteiger partial charge in [0.15, 0.2) is 0 Å². The molecule has 0 bridgehead atoms. The molecule has 1 N–H and O–H groups in total. The highest BCUT2D eigenvalue weighted by molar-refractivity contribution is 7.99. The van der Waals surface area contributed by atoms with Crippen LogP contribution in [0.3, 0.4) is 0 Å². The minimum absolute atomic E-state index is 0.263. The average molecular weight is 258 g/mol. The van der Waals surface area contributed by atoms with Crippen LogP contribution in [0.4, 0.5) is 0 Å². The third kappa shape index (κ3) is 4.48. The van der Waals surface area contributed by atoms with Crippen molar-refractivity contribution in [2.45, 2.75) is 12.8 Å². The molecule has 5 heteroatoms. The van der Waals surface area contributed by atoms with Crippen LogP contribution in [0, 0.1) is 5.92 Å². The van der Waals surface area contributed by atoms with Crippen LogP contribution in [0.15, 0.2) is 0 Å².